The lowest BCUT2D eigenvalue weighted by molar-refractivity contribution is 0.262. The van der Waals surface area contributed by atoms with Crippen LogP contribution in [-0.2, 0) is 7.05 Å². The molecule has 9 heteroatoms. The summed E-state index contributed by atoms with van der Waals surface area (Å²) in [6, 6.07) is 17.9. The molecule has 1 heterocycles. The maximum absolute atomic E-state index is 12.5. The van der Waals surface area contributed by atoms with Crippen molar-refractivity contribution < 1.29 is 9.53 Å². The number of methoxy groups -OCH3 is 1. The van der Waals surface area contributed by atoms with Crippen LogP contribution in [0.25, 0.3) is 23.5 Å². The first-order valence-electron chi connectivity index (χ1n) is 10.7. The number of aromatic nitrogens is 3. The molecular formula is C26H23Cl2N5O2. The Balaban J connectivity index is 1.44. The van der Waals surface area contributed by atoms with Gasteiger partial charge in [0.25, 0.3) is 0 Å². The van der Waals surface area contributed by atoms with E-state index >= 15 is 0 Å². The van der Waals surface area contributed by atoms with Crippen LogP contribution in [0.15, 0.2) is 60.7 Å². The van der Waals surface area contributed by atoms with Gasteiger partial charge in [-0.3, -0.25) is 0 Å². The Hall–Kier alpha value is -3.81. The van der Waals surface area contributed by atoms with Gasteiger partial charge in [-0.05, 0) is 78.7 Å². The molecule has 178 valence electrons. The third-order valence-corrected chi connectivity index (χ3v) is 5.85. The van der Waals surface area contributed by atoms with Crippen molar-refractivity contribution in [1.29, 1.82) is 0 Å². The summed E-state index contributed by atoms with van der Waals surface area (Å²) in [6.07, 6.45) is 3.70. The van der Waals surface area contributed by atoms with Gasteiger partial charge in [0.05, 0.1) is 12.8 Å². The second kappa shape index (κ2) is 10.6. The van der Waals surface area contributed by atoms with Crippen molar-refractivity contribution in [2.24, 2.45) is 7.05 Å². The molecule has 0 unspecified atom stereocenters. The first-order chi connectivity index (χ1) is 16.8. The van der Waals surface area contributed by atoms with E-state index in [-0.39, 0.29) is 6.03 Å². The minimum Gasteiger partial charge on any atom is -0.495 e. The summed E-state index contributed by atoms with van der Waals surface area (Å²) in [5.41, 5.74) is 3.94. The normalized spacial score (nSPS) is 11.0. The summed E-state index contributed by atoms with van der Waals surface area (Å²) in [6.45, 7) is 1.95. The Morgan fingerprint density at radius 1 is 0.971 bits per heavy atom. The van der Waals surface area contributed by atoms with Crippen LogP contribution in [0.3, 0.4) is 0 Å². The van der Waals surface area contributed by atoms with Gasteiger partial charge >= 0.3 is 6.03 Å². The number of hydrogen-bond donors (Lipinski definition) is 2. The number of ether oxygens (including phenoxy) is 1. The van der Waals surface area contributed by atoms with Gasteiger partial charge in [0.2, 0.25) is 0 Å². The number of carbonyl (C=O) groups is 1. The maximum atomic E-state index is 12.5. The highest BCUT2D eigenvalue weighted by Crippen LogP contribution is 2.26. The zero-order valence-corrected chi connectivity index (χ0v) is 20.9. The molecule has 0 aliphatic heterocycles. The first-order valence-corrected chi connectivity index (χ1v) is 11.5. The minimum atomic E-state index is -0.367. The molecule has 0 saturated heterocycles. The van der Waals surface area contributed by atoms with E-state index in [1.54, 1.807) is 31.4 Å². The molecule has 0 radical (unpaired) electrons. The van der Waals surface area contributed by atoms with Crippen LogP contribution in [0.1, 0.15) is 17.0 Å². The van der Waals surface area contributed by atoms with E-state index in [9.17, 15) is 4.79 Å². The van der Waals surface area contributed by atoms with Crippen molar-refractivity contribution in [2.75, 3.05) is 17.7 Å². The highest BCUT2D eigenvalue weighted by atomic mass is 35.5. The second-order valence-electron chi connectivity index (χ2n) is 7.80. The quantitative estimate of drug-likeness (QED) is 0.296. The fraction of sp³-hybridized carbons (Fsp3) is 0.115. The van der Waals surface area contributed by atoms with Crippen LogP contribution in [0.2, 0.25) is 10.0 Å². The van der Waals surface area contributed by atoms with Gasteiger partial charge in [0.15, 0.2) is 11.6 Å². The monoisotopic (exact) mass is 507 g/mol. The molecule has 0 aliphatic rings. The van der Waals surface area contributed by atoms with Gasteiger partial charge in [-0.15, -0.1) is 10.2 Å². The molecule has 1 aromatic heterocycles. The highest BCUT2D eigenvalue weighted by molar-refractivity contribution is 6.35. The van der Waals surface area contributed by atoms with E-state index in [0.717, 1.165) is 16.7 Å². The van der Waals surface area contributed by atoms with Crippen molar-refractivity contribution in [3.63, 3.8) is 0 Å². The first kappa shape index (κ1) is 24.3. The van der Waals surface area contributed by atoms with Gasteiger partial charge in [0.1, 0.15) is 5.75 Å². The van der Waals surface area contributed by atoms with Crippen molar-refractivity contribution >= 4 is 52.8 Å². The van der Waals surface area contributed by atoms with Gasteiger partial charge in [-0.1, -0.05) is 35.3 Å². The number of amides is 2. The molecule has 4 aromatic rings. The Morgan fingerprint density at radius 3 is 2.46 bits per heavy atom. The Labute approximate surface area is 213 Å². The minimum absolute atomic E-state index is 0.367. The Kier molecular flexibility index (Phi) is 7.39. The third-order valence-electron chi connectivity index (χ3n) is 5.29. The molecule has 0 spiro atoms. The lowest BCUT2D eigenvalue weighted by Gasteiger charge is -2.12. The lowest BCUT2D eigenvalue weighted by atomic mass is 10.2. The molecule has 2 N–H and O–H groups in total. The number of anilines is 2. The van der Waals surface area contributed by atoms with E-state index in [1.165, 1.54) is 0 Å². The van der Waals surface area contributed by atoms with Crippen LogP contribution >= 0.6 is 23.2 Å². The predicted octanol–water partition coefficient (Wildman–Crippen LogP) is 6.92. The molecule has 0 atom stereocenters. The molecule has 0 aliphatic carbocycles. The largest absolute Gasteiger partial charge is 0.495 e. The van der Waals surface area contributed by atoms with Crippen molar-refractivity contribution in [2.45, 2.75) is 6.92 Å². The number of rotatable bonds is 6. The van der Waals surface area contributed by atoms with Crippen LogP contribution in [-0.4, -0.2) is 27.9 Å². The zero-order valence-electron chi connectivity index (χ0n) is 19.3. The number of aryl methyl sites for hydroxylation is 1. The SMILES string of the molecule is COc1ccc(C)cc1NC(=O)Nc1ccc(-c2nnc(/C=C/c3ccc(Cl)cc3Cl)n2C)cc1. The molecule has 3 aromatic carbocycles. The molecule has 0 bridgehead atoms. The third kappa shape index (κ3) is 5.82. The zero-order chi connectivity index (χ0) is 24.9. The van der Waals surface area contributed by atoms with Crippen LogP contribution in [0.5, 0.6) is 5.75 Å². The lowest BCUT2D eigenvalue weighted by Crippen LogP contribution is -2.19. The van der Waals surface area contributed by atoms with E-state index in [4.69, 9.17) is 27.9 Å². The van der Waals surface area contributed by atoms with Crippen molar-refractivity contribution in [1.82, 2.24) is 14.8 Å². The maximum Gasteiger partial charge on any atom is 0.323 e. The van der Waals surface area contributed by atoms with Gasteiger partial charge in [-0.2, -0.15) is 0 Å². The topological polar surface area (TPSA) is 81.1 Å². The molecule has 0 fully saturated rings. The summed E-state index contributed by atoms with van der Waals surface area (Å²) in [5, 5.41) is 15.3. The van der Waals surface area contributed by atoms with E-state index < -0.39 is 0 Å². The number of nitrogens with zero attached hydrogens (tertiary/aromatic N) is 3. The van der Waals surface area contributed by atoms with E-state index in [2.05, 4.69) is 20.8 Å². The average molecular weight is 508 g/mol. The standard InChI is InChI=1S/C26H23Cl2N5O2/c1-16-4-12-23(35-3)22(14-16)30-26(34)29-20-10-6-18(7-11-20)25-32-31-24(33(25)2)13-8-17-5-9-19(27)15-21(17)28/h4-15H,1-3H3,(H2,29,30,34)/b13-8+. The summed E-state index contributed by atoms with van der Waals surface area (Å²) in [5.74, 6) is 1.94. The van der Waals surface area contributed by atoms with E-state index in [1.807, 2.05) is 67.1 Å². The molecular weight excluding hydrogens is 485 g/mol. The molecule has 0 saturated carbocycles. The van der Waals surface area contributed by atoms with Crippen LogP contribution in [0, 0.1) is 6.92 Å². The summed E-state index contributed by atoms with van der Waals surface area (Å²) < 4.78 is 7.18. The fourth-order valence-corrected chi connectivity index (χ4v) is 3.92. The number of benzene rings is 3. The number of carbonyl (C=O) groups excluding carboxylic acids is 1. The van der Waals surface area contributed by atoms with Crippen LogP contribution < -0.4 is 15.4 Å². The highest BCUT2D eigenvalue weighted by Gasteiger charge is 2.11. The average Bonchev–Trinajstić information content (AvgIpc) is 3.19. The molecule has 4 rings (SSSR count). The van der Waals surface area contributed by atoms with Gasteiger partial charge in [-0.25, -0.2) is 4.79 Å². The predicted molar refractivity (Wildman–Crippen MR) is 142 cm³/mol. The molecule has 7 nitrogen and oxygen atoms in total. The van der Waals surface area contributed by atoms with Crippen molar-refractivity contribution in [3.8, 4) is 17.1 Å². The molecule has 35 heavy (non-hydrogen) atoms. The van der Waals surface area contributed by atoms with Gasteiger partial charge < -0.3 is 19.9 Å². The van der Waals surface area contributed by atoms with Crippen LogP contribution in [0.4, 0.5) is 16.2 Å². The number of urea groups is 1. The molecule has 2 amide bonds. The summed E-state index contributed by atoms with van der Waals surface area (Å²) in [4.78, 5) is 12.5. The Morgan fingerprint density at radius 2 is 1.74 bits per heavy atom. The summed E-state index contributed by atoms with van der Waals surface area (Å²) in [7, 11) is 3.44. The number of halogens is 2. The smallest absolute Gasteiger partial charge is 0.323 e. The summed E-state index contributed by atoms with van der Waals surface area (Å²) >= 11 is 12.2. The number of nitrogens with one attached hydrogen (secondary N) is 2. The fourth-order valence-electron chi connectivity index (χ4n) is 3.45. The second-order valence-corrected chi connectivity index (χ2v) is 8.64. The Bertz CT molecular complexity index is 1400. The van der Waals surface area contributed by atoms with Gasteiger partial charge in [0, 0.05) is 28.3 Å². The van der Waals surface area contributed by atoms with Crippen molar-refractivity contribution in [3.05, 3.63) is 87.7 Å². The van der Waals surface area contributed by atoms with E-state index in [0.29, 0.717) is 38.8 Å². The number of hydrogen-bond acceptors (Lipinski definition) is 4.